The van der Waals surface area contributed by atoms with Gasteiger partial charge in [0.2, 0.25) is 0 Å². The van der Waals surface area contributed by atoms with Gasteiger partial charge < -0.3 is 5.73 Å². The number of hydrogen-bond acceptors (Lipinski definition) is 3. The summed E-state index contributed by atoms with van der Waals surface area (Å²) in [4.78, 5) is 3.94. The van der Waals surface area contributed by atoms with Crippen molar-refractivity contribution in [3.05, 3.63) is 50.1 Å². The van der Waals surface area contributed by atoms with Gasteiger partial charge in [0.1, 0.15) is 0 Å². The van der Waals surface area contributed by atoms with Gasteiger partial charge in [-0.2, -0.15) is 0 Å². The van der Waals surface area contributed by atoms with Gasteiger partial charge in [-0.3, -0.25) is 4.90 Å². The van der Waals surface area contributed by atoms with Crippen LogP contribution in [0, 0.1) is 0 Å². The number of halogens is 1. The molecule has 1 aliphatic rings. The maximum Gasteiger partial charge on any atom is 0.0701 e. The first-order valence-electron chi connectivity index (χ1n) is 6.50. The molecule has 0 amide bonds. The number of hydrogen-bond donors (Lipinski definition) is 1. The fourth-order valence-corrected chi connectivity index (χ4v) is 4.23. The zero-order valence-corrected chi connectivity index (χ0v) is 13.3. The van der Waals surface area contributed by atoms with Crippen LogP contribution in [0.1, 0.15) is 29.0 Å². The normalized spacial score (nSPS) is 17.2. The van der Waals surface area contributed by atoms with E-state index >= 15 is 0 Å². The Bertz CT molecular complexity index is 594. The lowest BCUT2D eigenvalue weighted by atomic mass is 9.97. The van der Waals surface area contributed by atoms with Gasteiger partial charge >= 0.3 is 0 Å². The number of nitrogen functional groups attached to an aromatic ring is 1. The fraction of sp³-hybridized carbons (Fsp3) is 0.333. The molecule has 2 heterocycles. The van der Waals surface area contributed by atoms with Crippen LogP contribution in [-0.2, 0) is 13.0 Å². The monoisotopic (exact) mass is 336 g/mol. The van der Waals surface area contributed by atoms with E-state index in [2.05, 4.69) is 52.0 Å². The Morgan fingerprint density at radius 1 is 1.32 bits per heavy atom. The van der Waals surface area contributed by atoms with Crippen LogP contribution >= 0.6 is 27.3 Å². The third kappa shape index (κ3) is 2.57. The molecule has 0 bridgehead atoms. The van der Waals surface area contributed by atoms with Gasteiger partial charge in [-0.25, -0.2) is 0 Å². The lowest BCUT2D eigenvalue weighted by molar-refractivity contribution is 0.195. The summed E-state index contributed by atoms with van der Waals surface area (Å²) in [5.74, 6) is 0. The largest absolute Gasteiger partial charge is 0.398 e. The third-order valence-corrected chi connectivity index (χ3v) is 5.68. The lowest BCUT2D eigenvalue weighted by Crippen LogP contribution is -2.32. The Balaban J connectivity index is 1.82. The molecule has 0 radical (unpaired) electrons. The molecule has 1 unspecified atom stereocenters. The van der Waals surface area contributed by atoms with Crippen molar-refractivity contribution < 1.29 is 0 Å². The summed E-state index contributed by atoms with van der Waals surface area (Å²) >= 11 is 5.37. The second-order valence-corrected chi connectivity index (χ2v) is 7.52. The quantitative estimate of drug-likeness (QED) is 0.832. The Morgan fingerprint density at radius 3 is 2.89 bits per heavy atom. The van der Waals surface area contributed by atoms with Crippen molar-refractivity contribution in [2.24, 2.45) is 0 Å². The summed E-state index contributed by atoms with van der Waals surface area (Å²) in [6, 6.07) is 11.1. The van der Waals surface area contributed by atoms with E-state index in [1.54, 1.807) is 0 Å². The van der Waals surface area contributed by atoms with E-state index < -0.39 is 0 Å². The minimum atomic E-state index is 0.464. The molecule has 1 aromatic carbocycles. The molecule has 0 spiro atoms. The average molecular weight is 337 g/mol. The molecule has 19 heavy (non-hydrogen) atoms. The fourth-order valence-electron chi connectivity index (χ4n) is 2.72. The van der Waals surface area contributed by atoms with Crippen molar-refractivity contribution in [3.63, 3.8) is 0 Å². The van der Waals surface area contributed by atoms with Crippen LogP contribution in [-0.4, -0.2) is 11.4 Å². The van der Waals surface area contributed by atoms with Crippen LogP contribution in [0.4, 0.5) is 5.69 Å². The van der Waals surface area contributed by atoms with Crippen molar-refractivity contribution in [1.82, 2.24) is 4.90 Å². The number of anilines is 1. The molecule has 2 N–H and O–H groups in total. The van der Waals surface area contributed by atoms with E-state index in [4.69, 9.17) is 5.73 Å². The van der Waals surface area contributed by atoms with E-state index in [9.17, 15) is 0 Å². The minimum absolute atomic E-state index is 0.464. The summed E-state index contributed by atoms with van der Waals surface area (Å²) in [6.45, 7) is 4.37. The number of fused-ring (bicyclic) bond motifs is 1. The SMILES string of the molecule is CC(c1ccc(Br)s1)N1CCc2c(N)cccc2C1. The smallest absolute Gasteiger partial charge is 0.0701 e. The summed E-state index contributed by atoms with van der Waals surface area (Å²) in [5, 5.41) is 0. The molecule has 1 atom stereocenters. The van der Waals surface area contributed by atoms with Gasteiger partial charge in [0.05, 0.1) is 3.79 Å². The average Bonchev–Trinajstić information content (AvgIpc) is 2.84. The third-order valence-electron chi connectivity index (χ3n) is 3.89. The van der Waals surface area contributed by atoms with E-state index in [0.717, 1.165) is 25.2 Å². The molecule has 4 heteroatoms. The highest BCUT2D eigenvalue weighted by Gasteiger charge is 2.23. The predicted molar refractivity (Wildman–Crippen MR) is 85.4 cm³/mol. The van der Waals surface area contributed by atoms with Gasteiger partial charge in [-0.15, -0.1) is 11.3 Å². The van der Waals surface area contributed by atoms with Crippen molar-refractivity contribution in [3.8, 4) is 0 Å². The molecule has 0 saturated carbocycles. The van der Waals surface area contributed by atoms with Crippen molar-refractivity contribution >= 4 is 33.0 Å². The Morgan fingerprint density at radius 2 is 2.16 bits per heavy atom. The van der Waals surface area contributed by atoms with E-state index in [0.29, 0.717) is 6.04 Å². The van der Waals surface area contributed by atoms with Crippen molar-refractivity contribution in [1.29, 1.82) is 0 Å². The topological polar surface area (TPSA) is 29.3 Å². The molecule has 3 rings (SSSR count). The second-order valence-electron chi connectivity index (χ2n) is 5.02. The van der Waals surface area contributed by atoms with E-state index in [1.165, 1.54) is 19.8 Å². The van der Waals surface area contributed by atoms with E-state index in [1.807, 2.05) is 17.4 Å². The maximum atomic E-state index is 6.05. The highest BCUT2D eigenvalue weighted by atomic mass is 79.9. The van der Waals surface area contributed by atoms with Gasteiger partial charge in [0.25, 0.3) is 0 Å². The molecule has 0 aliphatic carbocycles. The summed E-state index contributed by atoms with van der Waals surface area (Å²) < 4.78 is 1.20. The Labute approximate surface area is 126 Å². The van der Waals surface area contributed by atoms with Crippen LogP contribution in [0.2, 0.25) is 0 Å². The Hall–Kier alpha value is -0.840. The van der Waals surface area contributed by atoms with Gasteiger partial charge in [0, 0.05) is 29.7 Å². The van der Waals surface area contributed by atoms with Crippen LogP contribution in [0.3, 0.4) is 0 Å². The summed E-state index contributed by atoms with van der Waals surface area (Å²) in [5.41, 5.74) is 9.73. The number of nitrogens with zero attached hydrogens (tertiary/aromatic N) is 1. The zero-order valence-electron chi connectivity index (χ0n) is 10.9. The summed E-state index contributed by atoms with van der Waals surface area (Å²) in [7, 11) is 0. The maximum absolute atomic E-state index is 6.05. The van der Waals surface area contributed by atoms with Crippen molar-refractivity contribution in [2.45, 2.75) is 25.9 Å². The van der Waals surface area contributed by atoms with Gasteiger partial charge in [-0.05, 0) is 58.6 Å². The molecule has 0 saturated heterocycles. The molecule has 0 fully saturated rings. The zero-order chi connectivity index (χ0) is 13.4. The van der Waals surface area contributed by atoms with Crippen molar-refractivity contribution in [2.75, 3.05) is 12.3 Å². The lowest BCUT2D eigenvalue weighted by Gasteiger charge is -2.33. The number of nitrogens with two attached hydrogens (primary N) is 1. The first-order valence-corrected chi connectivity index (χ1v) is 8.11. The highest BCUT2D eigenvalue weighted by Crippen LogP contribution is 2.34. The Kier molecular flexibility index (Phi) is 3.65. The number of benzene rings is 1. The van der Waals surface area contributed by atoms with Crippen LogP contribution < -0.4 is 5.73 Å². The van der Waals surface area contributed by atoms with Crippen LogP contribution in [0.5, 0.6) is 0 Å². The molecule has 2 nitrogen and oxygen atoms in total. The molecule has 1 aliphatic heterocycles. The molecular formula is C15H17BrN2S. The van der Waals surface area contributed by atoms with E-state index in [-0.39, 0.29) is 0 Å². The predicted octanol–water partition coefficient (Wildman–Crippen LogP) is 4.21. The first kappa shape index (κ1) is 13.2. The molecule has 2 aromatic rings. The van der Waals surface area contributed by atoms with Crippen LogP contribution in [0.15, 0.2) is 34.1 Å². The number of thiophene rings is 1. The minimum Gasteiger partial charge on any atom is -0.398 e. The van der Waals surface area contributed by atoms with Crippen LogP contribution in [0.25, 0.3) is 0 Å². The highest BCUT2D eigenvalue weighted by molar-refractivity contribution is 9.11. The molecule has 100 valence electrons. The second kappa shape index (κ2) is 5.27. The van der Waals surface area contributed by atoms with Gasteiger partial charge in [-0.1, -0.05) is 12.1 Å². The standard InChI is InChI=1S/C15H17BrN2S/c1-10(14-5-6-15(16)19-14)18-8-7-12-11(9-18)3-2-4-13(12)17/h2-6,10H,7-9,17H2,1H3. The first-order chi connectivity index (χ1) is 9.15. The van der Waals surface area contributed by atoms with Gasteiger partial charge in [0.15, 0.2) is 0 Å². The molecular weight excluding hydrogens is 320 g/mol. The molecule has 1 aromatic heterocycles. The summed E-state index contributed by atoms with van der Waals surface area (Å²) in [6.07, 6.45) is 1.05. The number of rotatable bonds is 2.